The number of carbonyl (C=O) groups excluding carboxylic acids is 1. The van der Waals surface area contributed by atoms with Crippen molar-refractivity contribution >= 4 is 29.2 Å². The van der Waals surface area contributed by atoms with Crippen molar-refractivity contribution in [2.24, 2.45) is 0 Å². The van der Waals surface area contributed by atoms with Gasteiger partial charge >= 0.3 is 6.01 Å². The van der Waals surface area contributed by atoms with Crippen LogP contribution in [0.5, 0.6) is 0 Å². The molecule has 1 aromatic heterocycles. The van der Waals surface area contributed by atoms with Crippen LogP contribution >= 0.6 is 11.6 Å². The summed E-state index contributed by atoms with van der Waals surface area (Å²) in [6.45, 7) is 8.04. The maximum absolute atomic E-state index is 13.8. The second kappa shape index (κ2) is 10.9. The average molecular weight is 446 g/mol. The van der Waals surface area contributed by atoms with E-state index in [0.29, 0.717) is 28.8 Å². The Balaban J connectivity index is 1.60. The van der Waals surface area contributed by atoms with E-state index in [2.05, 4.69) is 39.6 Å². The topological polar surface area (TPSA) is 83.3 Å². The number of hydrogen-bond donors (Lipinski definition) is 2. The van der Waals surface area contributed by atoms with Crippen LogP contribution < -0.4 is 10.6 Å². The van der Waals surface area contributed by atoms with E-state index in [1.54, 1.807) is 24.3 Å². The molecule has 2 aromatic carbocycles. The summed E-state index contributed by atoms with van der Waals surface area (Å²) in [5.41, 5.74) is 0.918. The van der Waals surface area contributed by atoms with Gasteiger partial charge in [0.2, 0.25) is 0 Å². The molecular formula is C22H25ClFN5O2. The molecule has 0 spiro atoms. The van der Waals surface area contributed by atoms with Crippen LogP contribution in [0.15, 0.2) is 46.9 Å². The molecule has 3 aromatic rings. The van der Waals surface area contributed by atoms with Gasteiger partial charge in [0, 0.05) is 12.2 Å². The molecule has 31 heavy (non-hydrogen) atoms. The van der Waals surface area contributed by atoms with Crippen molar-refractivity contribution in [3.63, 3.8) is 0 Å². The molecule has 7 nitrogen and oxygen atoms in total. The molecule has 0 radical (unpaired) electrons. The Morgan fingerprint density at radius 2 is 1.94 bits per heavy atom. The van der Waals surface area contributed by atoms with Crippen LogP contribution in [0.1, 0.15) is 30.6 Å². The minimum Gasteiger partial charge on any atom is -0.403 e. The van der Waals surface area contributed by atoms with E-state index in [0.717, 1.165) is 26.1 Å². The van der Waals surface area contributed by atoms with Gasteiger partial charge in [0.15, 0.2) is 0 Å². The lowest BCUT2D eigenvalue weighted by atomic mass is 10.1. The molecule has 9 heteroatoms. The lowest BCUT2D eigenvalue weighted by molar-refractivity contribution is 0.102. The smallest absolute Gasteiger partial charge is 0.315 e. The third kappa shape index (κ3) is 6.02. The zero-order valence-electron chi connectivity index (χ0n) is 17.5. The van der Waals surface area contributed by atoms with Crippen LogP contribution in [0.3, 0.4) is 0 Å². The number of halogens is 2. The Labute approximate surface area is 185 Å². The fourth-order valence-corrected chi connectivity index (χ4v) is 3.31. The predicted molar refractivity (Wildman–Crippen MR) is 120 cm³/mol. The molecule has 2 N–H and O–H groups in total. The maximum atomic E-state index is 13.8. The Kier molecular flexibility index (Phi) is 7.97. The van der Waals surface area contributed by atoms with Crippen molar-refractivity contribution in [1.29, 1.82) is 0 Å². The molecule has 0 unspecified atom stereocenters. The van der Waals surface area contributed by atoms with Crippen LogP contribution in [0.4, 0.5) is 16.1 Å². The van der Waals surface area contributed by atoms with E-state index in [1.807, 2.05) is 0 Å². The number of nitrogens with zero attached hydrogens (tertiary/aromatic N) is 3. The maximum Gasteiger partial charge on any atom is 0.315 e. The number of carbonyl (C=O) groups is 1. The van der Waals surface area contributed by atoms with Crippen molar-refractivity contribution < 1.29 is 13.6 Å². The first-order chi connectivity index (χ1) is 15.0. The van der Waals surface area contributed by atoms with Gasteiger partial charge in [-0.05, 0) is 56.4 Å². The van der Waals surface area contributed by atoms with Gasteiger partial charge in [-0.15, -0.1) is 5.10 Å². The zero-order valence-corrected chi connectivity index (χ0v) is 18.2. The van der Waals surface area contributed by atoms with Crippen molar-refractivity contribution in [3.8, 4) is 11.5 Å². The zero-order chi connectivity index (χ0) is 22.2. The molecular weight excluding hydrogens is 421 g/mol. The first-order valence-corrected chi connectivity index (χ1v) is 10.5. The highest BCUT2D eigenvalue weighted by Crippen LogP contribution is 2.30. The fourth-order valence-electron chi connectivity index (χ4n) is 3.05. The standard InChI is InChI=1S/C22H25ClFN5O2/c1-3-29(4-2)13-7-12-25-22-28-27-21(31-22)16-11-10-15(14-18(16)23)26-20(30)17-8-5-6-9-19(17)24/h5-6,8-11,14H,3-4,7,12-13H2,1-2H3,(H,25,28)(H,26,30). The number of nitrogens with one attached hydrogen (secondary N) is 2. The molecule has 0 saturated carbocycles. The van der Waals surface area contributed by atoms with Crippen LogP contribution in [-0.2, 0) is 0 Å². The highest BCUT2D eigenvalue weighted by atomic mass is 35.5. The normalized spacial score (nSPS) is 11.0. The van der Waals surface area contributed by atoms with Gasteiger partial charge in [0.1, 0.15) is 5.82 Å². The summed E-state index contributed by atoms with van der Waals surface area (Å²) < 4.78 is 19.4. The van der Waals surface area contributed by atoms with Gasteiger partial charge in [0.05, 0.1) is 16.1 Å². The van der Waals surface area contributed by atoms with Gasteiger partial charge < -0.3 is 20.0 Å². The number of benzene rings is 2. The predicted octanol–water partition coefficient (Wildman–Crippen LogP) is 4.93. The summed E-state index contributed by atoms with van der Waals surface area (Å²) in [5, 5.41) is 14.1. The molecule has 164 valence electrons. The summed E-state index contributed by atoms with van der Waals surface area (Å²) in [5.74, 6) is -0.884. The quantitative estimate of drug-likeness (QED) is 0.431. The summed E-state index contributed by atoms with van der Waals surface area (Å²) >= 11 is 6.35. The van der Waals surface area contributed by atoms with Crippen molar-refractivity contribution in [2.75, 3.05) is 36.8 Å². The van der Waals surface area contributed by atoms with Gasteiger partial charge in [0.25, 0.3) is 11.8 Å². The van der Waals surface area contributed by atoms with Gasteiger partial charge in [-0.25, -0.2) is 4.39 Å². The third-order valence-corrected chi connectivity index (χ3v) is 5.14. The summed E-state index contributed by atoms with van der Waals surface area (Å²) in [6, 6.07) is 10.9. The number of anilines is 2. The summed E-state index contributed by atoms with van der Waals surface area (Å²) in [6.07, 6.45) is 0.955. The van der Waals surface area contributed by atoms with Crippen LogP contribution in [0.25, 0.3) is 11.5 Å². The SMILES string of the molecule is CCN(CC)CCCNc1nnc(-c2ccc(NC(=O)c3ccccc3F)cc2Cl)o1. The van der Waals surface area contributed by atoms with Crippen LogP contribution in [0.2, 0.25) is 5.02 Å². The minimum absolute atomic E-state index is 0.0451. The summed E-state index contributed by atoms with van der Waals surface area (Å²) in [7, 11) is 0. The molecule has 1 heterocycles. The second-order valence-electron chi connectivity index (χ2n) is 6.85. The Hall–Kier alpha value is -2.97. The molecule has 1 amide bonds. The number of amides is 1. The molecule has 0 atom stereocenters. The second-order valence-corrected chi connectivity index (χ2v) is 7.26. The first kappa shape index (κ1) is 22.7. The molecule has 0 aliphatic rings. The Morgan fingerprint density at radius 3 is 2.65 bits per heavy atom. The number of aromatic nitrogens is 2. The van der Waals surface area contributed by atoms with E-state index in [4.69, 9.17) is 16.0 Å². The minimum atomic E-state index is -0.592. The molecule has 0 aliphatic heterocycles. The summed E-state index contributed by atoms with van der Waals surface area (Å²) in [4.78, 5) is 14.6. The van der Waals surface area contributed by atoms with Crippen molar-refractivity contribution in [3.05, 3.63) is 58.9 Å². The molecule has 0 aliphatic carbocycles. The van der Waals surface area contributed by atoms with E-state index in [-0.39, 0.29) is 11.5 Å². The first-order valence-electron chi connectivity index (χ1n) is 10.2. The lowest BCUT2D eigenvalue weighted by Crippen LogP contribution is -2.25. The lowest BCUT2D eigenvalue weighted by Gasteiger charge is -2.17. The van der Waals surface area contributed by atoms with Crippen LogP contribution in [-0.4, -0.2) is 47.2 Å². The average Bonchev–Trinajstić information content (AvgIpc) is 3.23. The van der Waals surface area contributed by atoms with Gasteiger partial charge in [-0.1, -0.05) is 42.7 Å². The Bertz CT molecular complexity index is 1020. The molecule has 0 bridgehead atoms. The molecule has 3 rings (SSSR count). The largest absolute Gasteiger partial charge is 0.403 e. The highest BCUT2D eigenvalue weighted by Gasteiger charge is 2.15. The van der Waals surface area contributed by atoms with Crippen molar-refractivity contribution in [1.82, 2.24) is 15.1 Å². The van der Waals surface area contributed by atoms with E-state index in [1.165, 1.54) is 18.2 Å². The monoisotopic (exact) mass is 445 g/mol. The fraction of sp³-hybridized carbons (Fsp3) is 0.318. The third-order valence-electron chi connectivity index (χ3n) is 4.82. The number of rotatable bonds is 10. The van der Waals surface area contributed by atoms with Gasteiger partial charge in [-0.3, -0.25) is 4.79 Å². The molecule has 0 saturated heterocycles. The Morgan fingerprint density at radius 1 is 1.16 bits per heavy atom. The van der Waals surface area contributed by atoms with E-state index in [9.17, 15) is 9.18 Å². The number of hydrogen-bond acceptors (Lipinski definition) is 6. The van der Waals surface area contributed by atoms with E-state index < -0.39 is 11.7 Å². The van der Waals surface area contributed by atoms with Gasteiger partial charge in [-0.2, -0.15) is 0 Å². The molecule has 0 fully saturated rings. The highest BCUT2D eigenvalue weighted by molar-refractivity contribution is 6.33. The van der Waals surface area contributed by atoms with E-state index >= 15 is 0 Å². The van der Waals surface area contributed by atoms with Crippen molar-refractivity contribution in [2.45, 2.75) is 20.3 Å². The van der Waals surface area contributed by atoms with Crippen LogP contribution in [0, 0.1) is 5.82 Å².